The second kappa shape index (κ2) is 7.42. The molecule has 0 radical (unpaired) electrons. The van der Waals surface area contributed by atoms with Crippen molar-refractivity contribution in [2.45, 2.75) is 0 Å². The van der Waals surface area contributed by atoms with Crippen molar-refractivity contribution in [2.24, 2.45) is 0 Å². The second-order valence-electron chi connectivity index (χ2n) is 5.74. The number of hydrogen-bond donors (Lipinski definition) is 2. The van der Waals surface area contributed by atoms with E-state index in [0.29, 0.717) is 15.9 Å². The van der Waals surface area contributed by atoms with Gasteiger partial charge in [-0.15, -0.1) is 0 Å². The lowest BCUT2D eigenvalue weighted by Gasteiger charge is -2.06. The highest BCUT2D eigenvalue weighted by atomic mass is 35.5. The van der Waals surface area contributed by atoms with Gasteiger partial charge in [-0.05, 0) is 29.8 Å². The summed E-state index contributed by atoms with van der Waals surface area (Å²) in [5.74, 6) is -1.35. The van der Waals surface area contributed by atoms with Crippen LogP contribution in [-0.4, -0.2) is 27.9 Å². The molecule has 0 fully saturated rings. The van der Waals surface area contributed by atoms with Gasteiger partial charge >= 0.3 is 5.69 Å². The molecule has 0 saturated carbocycles. The van der Waals surface area contributed by atoms with Gasteiger partial charge < -0.3 is 14.8 Å². The number of nitro groups is 1. The average Bonchev–Trinajstić information content (AvgIpc) is 3.09. The van der Waals surface area contributed by atoms with E-state index in [2.05, 4.69) is 4.98 Å². The molecule has 3 rings (SSSR count). The number of rotatable bonds is 5. The van der Waals surface area contributed by atoms with E-state index in [1.54, 1.807) is 18.2 Å². The van der Waals surface area contributed by atoms with Crippen molar-refractivity contribution in [3.8, 4) is 17.6 Å². The number of carbonyl (C=O) groups is 1. The Balaban J connectivity index is 2.09. The monoisotopic (exact) mass is 397 g/mol. The molecule has 1 aromatic heterocycles. The largest absolute Gasteiger partial charge is 0.500 e. The second-order valence-corrected chi connectivity index (χ2v) is 6.18. The van der Waals surface area contributed by atoms with Gasteiger partial charge in [-0.1, -0.05) is 17.7 Å². The van der Waals surface area contributed by atoms with Crippen LogP contribution in [0, 0.1) is 21.4 Å². The molecule has 0 aliphatic heterocycles. The molecule has 0 saturated heterocycles. The number of halogens is 1. The maximum absolute atomic E-state index is 12.8. The average molecular weight is 398 g/mol. The highest BCUT2D eigenvalue weighted by Crippen LogP contribution is 2.37. The molecule has 3 aromatic rings. The van der Waals surface area contributed by atoms with E-state index in [0.717, 1.165) is 6.07 Å². The number of ether oxygens (including phenoxy) is 1. The van der Waals surface area contributed by atoms with Crippen molar-refractivity contribution in [2.75, 3.05) is 7.11 Å². The molecule has 2 aromatic carbocycles. The summed E-state index contributed by atoms with van der Waals surface area (Å²) < 4.78 is 4.92. The standard InChI is InChI=1S/C19H12ClN3O5/c1-28-17-6-10(5-16(19(17)25)23(26)27)4-11(8-21)18(24)14-9-22-15-7-12(20)2-3-13(14)15/h2-7,9,22,25H,1H3/b11-4-. The molecular weight excluding hydrogens is 386 g/mol. The van der Waals surface area contributed by atoms with Crippen LogP contribution in [0.1, 0.15) is 15.9 Å². The molecular formula is C19H12ClN3O5. The van der Waals surface area contributed by atoms with Crippen LogP contribution in [0.5, 0.6) is 11.5 Å². The first kappa shape index (κ1) is 18.9. The van der Waals surface area contributed by atoms with Crippen LogP contribution in [-0.2, 0) is 0 Å². The lowest BCUT2D eigenvalue weighted by Crippen LogP contribution is -2.01. The van der Waals surface area contributed by atoms with Crippen molar-refractivity contribution in [3.63, 3.8) is 0 Å². The number of hydrogen-bond acceptors (Lipinski definition) is 6. The Kier molecular flexibility index (Phi) is 5.02. The van der Waals surface area contributed by atoms with Crippen molar-refractivity contribution in [1.82, 2.24) is 4.98 Å². The number of nitrogens with one attached hydrogen (secondary N) is 1. The van der Waals surface area contributed by atoms with Gasteiger partial charge in [0.1, 0.15) is 11.6 Å². The van der Waals surface area contributed by atoms with E-state index in [1.165, 1.54) is 25.4 Å². The van der Waals surface area contributed by atoms with E-state index in [1.807, 2.05) is 6.07 Å². The molecule has 28 heavy (non-hydrogen) atoms. The number of phenols is 1. The molecule has 0 atom stereocenters. The first-order chi connectivity index (χ1) is 13.3. The summed E-state index contributed by atoms with van der Waals surface area (Å²) in [5.41, 5.74) is 0.221. The number of methoxy groups -OCH3 is 1. The molecule has 0 unspecified atom stereocenters. The predicted octanol–water partition coefficient (Wildman–Crippen LogP) is 4.23. The summed E-state index contributed by atoms with van der Waals surface area (Å²) in [6, 6.07) is 9.09. The number of allylic oxidation sites excluding steroid dienone is 1. The Hall–Kier alpha value is -3.83. The van der Waals surface area contributed by atoms with Gasteiger partial charge in [-0.25, -0.2) is 0 Å². The van der Waals surface area contributed by atoms with Crippen molar-refractivity contribution in [1.29, 1.82) is 5.26 Å². The molecule has 8 nitrogen and oxygen atoms in total. The Morgan fingerprint density at radius 2 is 2.14 bits per heavy atom. The first-order valence-electron chi connectivity index (χ1n) is 7.84. The van der Waals surface area contributed by atoms with Crippen molar-refractivity contribution >= 4 is 40.1 Å². The number of nitriles is 1. The summed E-state index contributed by atoms with van der Waals surface area (Å²) in [6.45, 7) is 0. The van der Waals surface area contributed by atoms with Crippen LogP contribution in [0.4, 0.5) is 5.69 Å². The third-order valence-corrected chi connectivity index (χ3v) is 4.29. The maximum Gasteiger partial charge on any atom is 0.315 e. The lowest BCUT2D eigenvalue weighted by atomic mass is 10.0. The number of aromatic hydroxyl groups is 1. The van der Waals surface area contributed by atoms with Gasteiger partial charge in [-0.2, -0.15) is 5.26 Å². The van der Waals surface area contributed by atoms with Crippen LogP contribution in [0.25, 0.3) is 17.0 Å². The molecule has 0 bridgehead atoms. The molecule has 140 valence electrons. The Bertz CT molecular complexity index is 1190. The minimum atomic E-state index is -0.785. The molecule has 1 heterocycles. The smallest absolute Gasteiger partial charge is 0.315 e. The first-order valence-corrected chi connectivity index (χ1v) is 8.22. The van der Waals surface area contributed by atoms with Gasteiger partial charge in [-0.3, -0.25) is 14.9 Å². The molecule has 0 aliphatic carbocycles. The quantitative estimate of drug-likeness (QED) is 0.218. The van der Waals surface area contributed by atoms with Crippen LogP contribution >= 0.6 is 11.6 Å². The molecule has 0 aliphatic rings. The highest BCUT2D eigenvalue weighted by molar-refractivity contribution is 6.31. The van der Waals surface area contributed by atoms with Crippen LogP contribution < -0.4 is 4.74 Å². The number of fused-ring (bicyclic) bond motifs is 1. The molecule has 2 N–H and O–H groups in total. The van der Waals surface area contributed by atoms with Crippen LogP contribution in [0.2, 0.25) is 5.02 Å². The third kappa shape index (κ3) is 3.39. The fourth-order valence-electron chi connectivity index (χ4n) is 2.74. The minimum Gasteiger partial charge on any atom is -0.500 e. The van der Waals surface area contributed by atoms with Crippen molar-refractivity contribution < 1.29 is 19.6 Å². The highest BCUT2D eigenvalue weighted by Gasteiger charge is 2.21. The van der Waals surface area contributed by atoms with E-state index in [-0.39, 0.29) is 22.4 Å². The third-order valence-electron chi connectivity index (χ3n) is 4.06. The Labute approximate surface area is 163 Å². The number of phenolic OH excluding ortho intramolecular Hbond substituents is 1. The molecule has 0 spiro atoms. The lowest BCUT2D eigenvalue weighted by molar-refractivity contribution is -0.386. The minimum absolute atomic E-state index is 0.146. The Morgan fingerprint density at radius 3 is 2.79 bits per heavy atom. The number of aromatic nitrogens is 1. The van der Waals surface area contributed by atoms with E-state index in [4.69, 9.17) is 16.3 Å². The summed E-state index contributed by atoms with van der Waals surface area (Å²) in [4.78, 5) is 26.1. The number of benzene rings is 2. The summed E-state index contributed by atoms with van der Waals surface area (Å²) in [7, 11) is 1.24. The summed E-state index contributed by atoms with van der Waals surface area (Å²) in [6.07, 6.45) is 2.67. The zero-order chi connectivity index (χ0) is 20.4. The van der Waals surface area contributed by atoms with Gasteiger partial charge in [0.25, 0.3) is 0 Å². The van der Waals surface area contributed by atoms with Crippen LogP contribution in [0.3, 0.4) is 0 Å². The topological polar surface area (TPSA) is 129 Å². The van der Waals surface area contributed by atoms with E-state index < -0.39 is 22.1 Å². The van der Waals surface area contributed by atoms with Crippen molar-refractivity contribution in [3.05, 3.63) is 68.4 Å². The SMILES string of the molecule is COc1cc(/C=C(/C#N)C(=O)c2c[nH]c3cc(Cl)ccc23)cc([N+](=O)[O-])c1O. The van der Waals surface area contributed by atoms with Gasteiger partial charge in [0, 0.05) is 33.8 Å². The number of aromatic amines is 1. The normalized spacial score (nSPS) is 11.2. The zero-order valence-corrected chi connectivity index (χ0v) is 15.1. The van der Waals surface area contributed by atoms with Gasteiger partial charge in [0.05, 0.1) is 12.0 Å². The molecule has 9 heteroatoms. The van der Waals surface area contributed by atoms with Gasteiger partial charge in [0.15, 0.2) is 5.75 Å². The van der Waals surface area contributed by atoms with Crippen LogP contribution in [0.15, 0.2) is 42.1 Å². The number of ketones is 1. The van der Waals surface area contributed by atoms with E-state index in [9.17, 15) is 25.3 Å². The fourth-order valence-corrected chi connectivity index (χ4v) is 2.91. The maximum atomic E-state index is 12.8. The summed E-state index contributed by atoms with van der Waals surface area (Å²) in [5, 5.41) is 31.5. The molecule has 0 amide bonds. The van der Waals surface area contributed by atoms with Gasteiger partial charge in [0.2, 0.25) is 11.5 Å². The number of carbonyl (C=O) groups excluding carboxylic acids is 1. The Morgan fingerprint density at radius 1 is 1.39 bits per heavy atom. The zero-order valence-electron chi connectivity index (χ0n) is 14.4. The number of nitro benzene ring substituents is 1. The number of nitrogens with zero attached hydrogens (tertiary/aromatic N) is 2. The number of H-pyrrole nitrogens is 1. The fraction of sp³-hybridized carbons (Fsp3) is 0.0526. The predicted molar refractivity (Wildman–Crippen MR) is 103 cm³/mol. The number of Topliss-reactive ketones (excluding diaryl/α,β-unsaturated/α-hetero) is 1. The summed E-state index contributed by atoms with van der Waals surface area (Å²) >= 11 is 5.93. The van der Waals surface area contributed by atoms with E-state index >= 15 is 0 Å².